The van der Waals surface area contributed by atoms with Gasteiger partial charge in [-0.15, -0.1) is 11.8 Å². The summed E-state index contributed by atoms with van der Waals surface area (Å²) in [5.74, 6) is 0.218. The molecule has 2 amide bonds. The van der Waals surface area contributed by atoms with Gasteiger partial charge in [0.15, 0.2) is 0 Å². The predicted octanol–water partition coefficient (Wildman–Crippen LogP) is 6.38. The summed E-state index contributed by atoms with van der Waals surface area (Å²) in [4.78, 5) is 26.4. The molecule has 1 unspecified atom stereocenters. The molecule has 3 rings (SSSR count). The van der Waals surface area contributed by atoms with E-state index >= 15 is 0 Å². The first-order valence-electron chi connectivity index (χ1n) is 9.88. The summed E-state index contributed by atoms with van der Waals surface area (Å²) in [7, 11) is 2.98. The Morgan fingerprint density at radius 3 is 2.21 bits per heavy atom. The van der Waals surface area contributed by atoms with Crippen molar-refractivity contribution in [3.8, 4) is 11.5 Å². The fourth-order valence-electron chi connectivity index (χ4n) is 3.01. The van der Waals surface area contributed by atoms with Crippen LogP contribution < -0.4 is 20.1 Å². The van der Waals surface area contributed by atoms with Crippen LogP contribution in [0.2, 0.25) is 10.0 Å². The number of amides is 2. The number of hydrogen-bond acceptors (Lipinski definition) is 5. The van der Waals surface area contributed by atoms with E-state index < -0.39 is 5.25 Å². The van der Waals surface area contributed by atoms with E-state index in [9.17, 15) is 9.59 Å². The lowest BCUT2D eigenvalue weighted by atomic mass is 10.1. The van der Waals surface area contributed by atoms with Crippen LogP contribution >= 0.6 is 35.0 Å². The molecule has 0 saturated heterocycles. The quantitative estimate of drug-likeness (QED) is 0.348. The molecular weight excluding hydrogens is 483 g/mol. The number of ether oxygens (including phenoxy) is 2. The van der Waals surface area contributed by atoms with Crippen LogP contribution in [0.5, 0.6) is 11.5 Å². The van der Waals surface area contributed by atoms with Crippen molar-refractivity contribution in [2.45, 2.75) is 17.1 Å². The van der Waals surface area contributed by atoms with Gasteiger partial charge in [0.25, 0.3) is 5.91 Å². The summed E-state index contributed by atoms with van der Waals surface area (Å²) in [6.07, 6.45) is 0. The highest BCUT2D eigenvalue weighted by atomic mass is 35.5. The molecule has 172 valence electrons. The third kappa shape index (κ3) is 6.13. The third-order valence-electron chi connectivity index (χ3n) is 4.64. The maximum Gasteiger partial charge on any atom is 0.263 e. The zero-order valence-electron chi connectivity index (χ0n) is 18.1. The monoisotopic (exact) mass is 504 g/mol. The lowest BCUT2D eigenvalue weighted by Gasteiger charge is -2.15. The van der Waals surface area contributed by atoms with Gasteiger partial charge < -0.3 is 20.1 Å². The maximum absolute atomic E-state index is 12.9. The molecule has 1 atom stereocenters. The van der Waals surface area contributed by atoms with E-state index in [-0.39, 0.29) is 11.8 Å². The van der Waals surface area contributed by atoms with Crippen LogP contribution in [0.3, 0.4) is 0 Å². The number of nitrogens with one attached hydrogen (secondary N) is 2. The van der Waals surface area contributed by atoms with E-state index in [2.05, 4.69) is 10.6 Å². The SMILES string of the molecule is COc1cccc(OC)c1C(=O)Nc1cccc(SC(C)C(=O)Nc2cccc(Cl)c2Cl)c1. The van der Waals surface area contributed by atoms with Gasteiger partial charge in [0, 0.05) is 10.6 Å². The van der Waals surface area contributed by atoms with E-state index in [0.29, 0.717) is 38.5 Å². The normalized spacial score (nSPS) is 11.4. The summed E-state index contributed by atoms with van der Waals surface area (Å²) in [6, 6.07) is 17.4. The number of carbonyl (C=O) groups is 2. The molecule has 0 aliphatic carbocycles. The molecule has 0 saturated carbocycles. The second-order valence-electron chi connectivity index (χ2n) is 6.87. The Labute approximate surface area is 206 Å². The second-order valence-corrected chi connectivity index (χ2v) is 9.07. The van der Waals surface area contributed by atoms with E-state index in [1.54, 1.807) is 61.5 Å². The molecule has 0 aliphatic rings. The van der Waals surface area contributed by atoms with Crippen molar-refractivity contribution >= 4 is 58.2 Å². The van der Waals surface area contributed by atoms with Crippen LogP contribution in [0, 0.1) is 0 Å². The van der Waals surface area contributed by atoms with Gasteiger partial charge in [0.05, 0.1) is 35.2 Å². The van der Waals surface area contributed by atoms with Gasteiger partial charge in [-0.25, -0.2) is 0 Å². The summed E-state index contributed by atoms with van der Waals surface area (Å²) < 4.78 is 10.6. The van der Waals surface area contributed by atoms with Gasteiger partial charge in [0.2, 0.25) is 5.91 Å². The van der Waals surface area contributed by atoms with Gasteiger partial charge >= 0.3 is 0 Å². The average molecular weight is 505 g/mol. The van der Waals surface area contributed by atoms with Crippen molar-refractivity contribution in [1.82, 2.24) is 0 Å². The van der Waals surface area contributed by atoms with E-state index in [1.165, 1.54) is 26.0 Å². The first-order valence-corrected chi connectivity index (χ1v) is 11.5. The molecule has 3 aromatic carbocycles. The zero-order chi connectivity index (χ0) is 24.0. The summed E-state index contributed by atoms with van der Waals surface area (Å²) in [6.45, 7) is 1.78. The highest BCUT2D eigenvalue weighted by Crippen LogP contribution is 2.32. The minimum absolute atomic E-state index is 0.225. The molecular formula is C24H22Cl2N2O4S. The summed E-state index contributed by atoms with van der Waals surface area (Å²) in [5, 5.41) is 5.88. The predicted molar refractivity (Wildman–Crippen MR) is 134 cm³/mol. The van der Waals surface area contributed by atoms with Crippen LogP contribution in [0.4, 0.5) is 11.4 Å². The van der Waals surface area contributed by atoms with Crippen molar-refractivity contribution < 1.29 is 19.1 Å². The minimum atomic E-state index is -0.430. The lowest BCUT2D eigenvalue weighted by molar-refractivity contribution is -0.115. The second kappa shape index (κ2) is 11.3. The number of benzene rings is 3. The Balaban J connectivity index is 1.70. The largest absolute Gasteiger partial charge is 0.496 e. The van der Waals surface area contributed by atoms with Crippen LogP contribution in [-0.2, 0) is 4.79 Å². The molecule has 33 heavy (non-hydrogen) atoms. The van der Waals surface area contributed by atoms with Crippen LogP contribution in [-0.4, -0.2) is 31.3 Å². The number of rotatable bonds is 8. The van der Waals surface area contributed by atoms with E-state index in [4.69, 9.17) is 32.7 Å². The third-order valence-corrected chi connectivity index (χ3v) is 6.55. The van der Waals surface area contributed by atoms with Crippen LogP contribution in [0.15, 0.2) is 65.6 Å². The molecule has 0 fully saturated rings. The fraction of sp³-hybridized carbons (Fsp3) is 0.167. The lowest BCUT2D eigenvalue weighted by Crippen LogP contribution is -2.22. The molecule has 0 aromatic heterocycles. The molecule has 0 spiro atoms. The number of methoxy groups -OCH3 is 2. The highest BCUT2D eigenvalue weighted by Gasteiger charge is 2.20. The summed E-state index contributed by atoms with van der Waals surface area (Å²) >= 11 is 13.5. The Hall–Kier alpha value is -2.87. The fourth-order valence-corrected chi connectivity index (χ4v) is 4.28. The molecule has 0 radical (unpaired) electrons. The Morgan fingerprint density at radius 1 is 0.909 bits per heavy atom. The smallest absolute Gasteiger partial charge is 0.263 e. The van der Waals surface area contributed by atoms with Gasteiger partial charge in [-0.1, -0.05) is 41.4 Å². The number of carbonyl (C=O) groups excluding carboxylic acids is 2. The molecule has 0 bridgehead atoms. The molecule has 0 heterocycles. The van der Waals surface area contributed by atoms with Crippen molar-refractivity contribution in [1.29, 1.82) is 0 Å². The van der Waals surface area contributed by atoms with Gasteiger partial charge in [0.1, 0.15) is 17.1 Å². The van der Waals surface area contributed by atoms with E-state index in [1.807, 2.05) is 6.07 Å². The number of hydrogen-bond donors (Lipinski definition) is 2. The number of anilines is 2. The van der Waals surface area contributed by atoms with Crippen molar-refractivity contribution in [3.63, 3.8) is 0 Å². The average Bonchev–Trinajstić information content (AvgIpc) is 2.81. The van der Waals surface area contributed by atoms with Gasteiger partial charge in [-0.3, -0.25) is 9.59 Å². The number of halogens is 2. The highest BCUT2D eigenvalue weighted by molar-refractivity contribution is 8.00. The molecule has 2 N–H and O–H groups in total. The summed E-state index contributed by atoms with van der Waals surface area (Å²) in [5.41, 5.74) is 1.32. The first-order chi connectivity index (χ1) is 15.8. The van der Waals surface area contributed by atoms with E-state index in [0.717, 1.165) is 4.90 Å². The van der Waals surface area contributed by atoms with Crippen molar-refractivity contribution in [2.24, 2.45) is 0 Å². The van der Waals surface area contributed by atoms with Gasteiger partial charge in [-0.05, 0) is 49.4 Å². The molecule has 9 heteroatoms. The molecule has 0 aliphatic heterocycles. The van der Waals surface area contributed by atoms with Crippen LogP contribution in [0.25, 0.3) is 0 Å². The zero-order valence-corrected chi connectivity index (χ0v) is 20.5. The van der Waals surface area contributed by atoms with Crippen molar-refractivity contribution in [3.05, 3.63) is 76.3 Å². The molecule has 3 aromatic rings. The van der Waals surface area contributed by atoms with Gasteiger partial charge in [-0.2, -0.15) is 0 Å². The van der Waals surface area contributed by atoms with Crippen LogP contribution in [0.1, 0.15) is 17.3 Å². The Kier molecular flexibility index (Phi) is 8.49. The molecule has 6 nitrogen and oxygen atoms in total. The number of thioether (sulfide) groups is 1. The topological polar surface area (TPSA) is 76.7 Å². The Morgan fingerprint density at radius 2 is 1.55 bits per heavy atom. The Bertz CT molecular complexity index is 1150. The maximum atomic E-state index is 12.9. The first kappa shape index (κ1) is 24.8. The standard InChI is InChI=1S/C24H22Cl2N2O4S/c1-14(23(29)28-18-10-5-9-17(25)22(18)26)33-16-8-4-7-15(13-16)27-24(30)21-19(31-2)11-6-12-20(21)32-3/h4-14H,1-3H3,(H,27,30)(H,28,29). The minimum Gasteiger partial charge on any atom is -0.496 e. The van der Waals surface area contributed by atoms with Crippen molar-refractivity contribution in [2.75, 3.05) is 24.9 Å².